The first kappa shape index (κ1) is 17.0. The highest BCUT2D eigenvalue weighted by Crippen LogP contribution is 2.22. The van der Waals surface area contributed by atoms with Crippen molar-refractivity contribution in [1.82, 2.24) is 0 Å². The number of aliphatic hydroxyl groups is 1. The minimum absolute atomic E-state index is 0.170. The molecule has 114 valence electrons. The maximum atomic E-state index is 11.1. The molecule has 0 aromatic carbocycles. The molecule has 1 atom stereocenters. The highest BCUT2D eigenvalue weighted by Gasteiger charge is 2.10. The van der Waals surface area contributed by atoms with Crippen molar-refractivity contribution in [2.24, 2.45) is 5.92 Å². The molecule has 1 aliphatic carbocycles. The van der Waals surface area contributed by atoms with Gasteiger partial charge >= 0.3 is 5.97 Å². The van der Waals surface area contributed by atoms with Crippen LogP contribution < -0.4 is 0 Å². The molecule has 1 N–H and O–H groups in total. The van der Waals surface area contributed by atoms with Crippen molar-refractivity contribution >= 4 is 5.97 Å². The van der Waals surface area contributed by atoms with Crippen molar-refractivity contribution in [3.05, 3.63) is 0 Å². The molecule has 0 amide bonds. The van der Waals surface area contributed by atoms with Gasteiger partial charge in [-0.05, 0) is 39.0 Å². The van der Waals surface area contributed by atoms with E-state index in [1.165, 1.54) is 32.1 Å². The molecule has 3 heteroatoms. The van der Waals surface area contributed by atoms with Crippen molar-refractivity contribution in [1.29, 1.82) is 0 Å². The van der Waals surface area contributed by atoms with Gasteiger partial charge in [0.2, 0.25) is 0 Å². The number of esters is 1. The summed E-state index contributed by atoms with van der Waals surface area (Å²) in [6.45, 7) is 2.23. The Morgan fingerprint density at radius 3 is 2.75 bits per heavy atom. The summed E-state index contributed by atoms with van der Waals surface area (Å²) in [5, 5.41) is 9.81. The van der Waals surface area contributed by atoms with E-state index in [2.05, 4.69) is 11.8 Å². The molecular weight excluding hydrogens is 252 g/mol. The average Bonchev–Trinajstić information content (AvgIpc) is 2.45. The highest BCUT2D eigenvalue weighted by atomic mass is 16.5. The van der Waals surface area contributed by atoms with E-state index in [1.54, 1.807) is 6.92 Å². The lowest BCUT2D eigenvalue weighted by molar-refractivity contribution is -0.143. The van der Waals surface area contributed by atoms with Crippen LogP contribution in [-0.2, 0) is 9.53 Å². The van der Waals surface area contributed by atoms with Gasteiger partial charge in [-0.15, -0.1) is 5.92 Å². The Morgan fingerprint density at radius 2 is 2.05 bits per heavy atom. The first-order chi connectivity index (χ1) is 9.72. The molecule has 0 spiro atoms. The fourth-order valence-electron chi connectivity index (χ4n) is 2.56. The summed E-state index contributed by atoms with van der Waals surface area (Å²) in [6.07, 6.45) is 9.36. The molecule has 0 heterocycles. The molecule has 1 aliphatic rings. The fourth-order valence-corrected chi connectivity index (χ4v) is 2.56. The van der Waals surface area contributed by atoms with E-state index in [0.717, 1.165) is 6.42 Å². The summed E-state index contributed by atoms with van der Waals surface area (Å²) in [7, 11) is 0. The van der Waals surface area contributed by atoms with Gasteiger partial charge in [0, 0.05) is 18.8 Å². The lowest BCUT2D eigenvalue weighted by atomic mass is 9.90. The molecule has 0 aromatic rings. The Bertz CT molecular complexity index is 321. The number of hydrogen-bond donors (Lipinski definition) is 1. The van der Waals surface area contributed by atoms with E-state index in [0.29, 0.717) is 38.2 Å². The number of rotatable bonds is 7. The molecular formula is C17H28O3. The Balaban J connectivity index is 2.03. The predicted octanol–water partition coefficient (Wildman–Crippen LogP) is 3.44. The van der Waals surface area contributed by atoms with E-state index < -0.39 is 0 Å². The Hall–Kier alpha value is -1.01. The van der Waals surface area contributed by atoms with Crippen LogP contribution in [0.15, 0.2) is 0 Å². The first-order valence-corrected chi connectivity index (χ1v) is 8.04. The Morgan fingerprint density at radius 1 is 1.30 bits per heavy atom. The molecule has 3 nitrogen and oxygen atoms in total. The van der Waals surface area contributed by atoms with Crippen LogP contribution >= 0.6 is 0 Å². The molecule has 0 radical (unpaired) electrons. The van der Waals surface area contributed by atoms with Crippen LogP contribution in [-0.4, -0.2) is 23.8 Å². The maximum absolute atomic E-state index is 11.1. The lowest BCUT2D eigenvalue weighted by Crippen LogP contribution is -2.09. The summed E-state index contributed by atoms with van der Waals surface area (Å²) in [5.41, 5.74) is 0. The minimum atomic E-state index is -0.343. The van der Waals surface area contributed by atoms with Crippen molar-refractivity contribution in [3.8, 4) is 11.8 Å². The zero-order chi connectivity index (χ0) is 14.6. The van der Waals surface area contributed by atoms with Gasteiger partial charge in [-0.25, -0.2) is 0 Å². The van der Waals surface area contributed by atoms with Crippen LogP contribution in [0, 0.1) is 17.8 Å². The third-order valence-corrected chi connectivity index (χ3v) is 3.74. The van der Waals surface area contributed by atoms with Gasteiger partial charge in [-0.3, -0.25) is 4.79 Å². The number of carbonyl (C=O) groups is 1. The summed E-state index contributed by atoms with van der Waals surface area (Å²) in [5.74, 6) is 6.95. The largest absolute Gasteiger partial charge is 0.466 e. The molecule has 0 bridgehead atoms. The quantitative estimate of drug-likeness (QED) is 0.574. The zero-order valence-electron chi connectivity index (χ0n) is 12.7. The Kier molecular flexibility index (Phi) is 9.15. The normalized spacial score (nSPS) is 17.1. The standard InChI is InChI=1S/C17H28O3/c1-2-20-17(19)14-8-13-16(18)12-7-6-11-15-9-4-3-5-10-15/h15-16,18H,2-5,7-10,12-14H2,1H3. The SMILES string of the molecule is CCOC(=O)CCCC(O)CCC#CC1CCCCC1. The van der Waals surface area contributed by atoms with Gasteiger partial charge in [0.25, 0.3) is 0 Å². The first-order valence-electron chi connectivity index (χ1n) is 8.04. The number of carbonyl (C=O) groups excluding carboxylic acids is 1. The average molecular weight is 280 g/mol. The molecule has 20 heavy (non-hydrogen) atoms. The molecule has 0 aromatic heterocycles. The zero-order valence-corrected chi connectivity index (χ0v) is 12.7. The van der Waals surface area contributed by atoms with Gasteiger partial charge in [-0.2, -0.15) is 0 Å². The van der Waals surface area contributed by atoms with Crippen LogP contribution in [0.1, 0.15) is 71.1 Å². The summed E-state index contributed by atoms with van der Waals surface area (Å²) >= 11 is 0. The maximum Gasteiger partial charge on any atom is 0.305 e. The molecule has 1 fully saturated rings. The number of ether oxygens (including phenoxy) is 1. The van der Waals surface area contributed by atoms with Gasteiger partial charge in [0.05, 0.1) is 12.7 Å². The van der Waals surface area contributed by atoms with Crippen LogP contribution in [0.2, 0.25) is 0 Å². The second-order valence-corrected chi connectivity index (χ2v) is 5.55. The van der Waals surface area contributed by atoms with Gasteiger partial charge in [0.1, 0.15) is 0 Å². The van der Waals surface area contributed by atoms with E-state index >= 15 is 0 Å². The number of hydrogen-bond acceptors (Lipinski definition) is 3. The topological polar surface area (TPSA) is 46.5 Å². The van der Waals surface area contributed by atoms with Crippen molar-refractivity contribution in [3.63, 3.8) is 0 Å². The van der Waals surface area contributed by atoms with E-state index in [9.17, 15) is 9.90 Å². The lowest BCUT2D eigenvalue weighted by Gasteiger charge is -2.15. The van der Waals surface area contributed by atoms with Crippen molar-refractivity contribution in [2.75, 3.05) is 6.61 Å². The van der Waals surface area contributed by atoms with Gasteiger partial charge in [0.15, 0.2) is 0 Å². The molecule has 1 rings (SSSR count). The van der Waals surface area contributed by atoms with Gasteiger partial charge < -0.3 is 9.84 Å². The van der Waals surface area contributed by atoms with Gasteiger partial charge in [-0.1, -0.05) is 25.2 Å². The Labute approximate surface area is 123 Å². The van der Waals surface area contributed by atoms with Crippen LogP contribution in [0.5, 0.6) is 0 Å². The van der Waals surface area contributed by atoms with Crippen LogP contribution in [0.3, 0.4) is 0 Å². The molecule has 1 unspecified atom stereocenters. The van der Waals surface area contributed by atoms with E-state index in [-0.39, 0.29) is 12.1 Å². The predicted molar refractivity (Wildman–Crippen MR) is 80.1 cm³/mol. The fraction of sp³-hybridized carbons (Fsp3) is 0.824. The molecule has 0 saturated heterocycles. The molecule has 0 aliphatic heterocycles. The summed E-state index contributed by atoms with van der Waals surface area (Å²) < 4.78 is 4.85. The second kappa shape index (κ2) is 10.7. The van der Waals surface area contributed by atoms with Crippen LogP contribution in [0.25, 0.3) is 0 Å². The van der Waals surface area contributed by atoms with E-state index in [1.807, 2.05) is 0 Å². The smallest absolute Gasteiger partial charge is 0.305 e. The highest BCUT2D eigenvalue weighted by molar-refractivity contribution is 5.69. The summed E-state index contributed by atoms with van der Waals surface area (Å²) in [6, 6.07) is 0. The van der Waals surface area contributed by atoms with Crippen molar-refractivity contribution < 1.29 is 14.6 Å². The molecule has 1 saturated carbocycles. The van der Waals surface area contributed by atoms with E-state index in [4.69, 9.17) is 4.74 Å². The number of aliphatic hydroxyl groups excluding tert-OH is 1. The minimum Gasteiger partial charge on any atom is -0.466 e. The summed E-state index contributed by atoms with van der Waals surface area (Å²) in [4.78, 5) is 11.1. The second-order valence-electron chi connectivity index (χ2n) is 5.55. The van der Waals surface area contributed by atoms with Crippen molar-refractivity contribution in [2.45, 2.75) is 77.2 Å². The van der Waals surface area contributed by atoms with Crippen LogP contribution in [0.4, 0.5) is 0 Å². The monoisotopic (exact) mass is 280 g/mol. The third kappa shape index (κ3) is 8.22. The third-order valence-electron chi connectivity index (χ3n) is 3.74.